The SMILES string of the molecule is CC[C@H](CC[C@H](C)[C@H]1CCC2=C3[C@H](O)[C@@H]4O[C@@]45C[C@@H](O)CC[C@]5(C)[C@H]3CC[C@@]21C)C(C)C. The highest BCUT2D eigenvalue weighted by molar-refractivity contribution is 5.43. The third kappa shape index (κ3) is 3.09. The van der Waals surface area contributed by atoms with Crippen molar-refractivity contribution in [2.24, 2.45) is 40.4 Å². The van der Waals surface area contributed by atoms with E-state index in [4.69, 9.17) is 4.74 Å². The second-order valence-corrected chi connectivity index (χ2v) is 13.2. The molecule has 0 aromatic rings. The summed E-state index contributed by atoms with van der Waals surface area (Å²) in [6.45, 7) is 14.6. The first-order valence-electron chi connectivity index (χ1n) is 13.9. The van der Waals surface area contributed by atoms with Gasteiger partial charge in [0.15, 0.2) is 0 Å². The van der Waals surface area contributed by atoms with Gasteiger partial charge in [-0.05, 0) is 85.5 Å². The van der Waals surface area contributed by atoms with E-state index in [2.05, 4.69) is 41.5 Å². The maximum absolute atomic E-state index is 11.5. The van der Waals surface area contributed by atoms with Gasteiger partial charge in [0.05, 0.1) is 6.10 Å². The molecule has 0 bridgehead atoms. The molecule has 0 radical (unpaired) electrons. The Hall–Kier alpha value is -0.380. The van der Waals surface area contributed by atoms with Gasteiger partial charge >= 0.3 is 0 Å². The van der Waals surface area contributed by atoms with Crippen molar-refractivity contribution in [2.75, 3.05) is 0 Å². The predicted octanol–water partition coefficient (Wildman–Crippen LogP) is 6.27. The Morgan fingerprint density at radius 3 is 2.47 bits per heavy atom. The lowest BCUT2D eigenvalue weighted by Gasteiger charge is -2.56. The Balaban J connectivity index is 1.41. The molecule has 4 fully saturated rings. The number of aliphatic hydroxyl groups excluding tert-OH is 2. The van der Waals surface area contributed by atoms with Gasteiger partial charge < -0.3 is 14.9 Å². The maximum Gasteiger partial charge on any atom is 0.118 e. The van der Waals surface area contributed by atoms with E-state index < -0.39 is 6.10 Å². The summed E-state index contributed by atoms with van der Waals surface area (Å²) < 4.78 is 6.36. The highest BCUT2D eigenvalue weighted by Gasteiger charge is 2.77. The minimum Gasteiger partial charge on any atom is -0.393 e. The quantitative estimate of drug-likeness (QED) is 0.375. The molecule has 3 heteroatoms. The Morgan fingerprint density at radius 2 is 1.78 bits per heavy atom. The number of fused-ring (bicyclic) bond motifs is 3. The zero-order valence-corrected chi connectivity index (χ0v) is 21.5. The first kappa shape index (κ1) is 23.4. The smallest absolute Gasteiger partial charge is 0.118 e. The number of epoxide rings is 1. The number of hydrogen-bond donors (Lipinski definition) is 2. The van der Waals surface area contributed by atoms with Gasteiger partial charge in [0.1, 0.15) is 17.8 Å². The standard InChI is InChI=1S/C29H48O3/c1-7-19(17(2)3)9-8-18(4)21-10-11-22-24-23(13-14-27(21,22)5)28(6)15-12-20(30)16-29(28)26(32-29)25(24)31/h17-21,23,25-26,30-31H,7-16H2,1-6H3/t18-,19+,20-,21+,23-,25-,26-,27+,28+,29-/m0/s1. The van der Waals surface area contributed by atoms with Crippen LogP contribution >= 0.6 is 0 Å². The van der Waals surface area contributed by atoms with E-state index in [0.717, 1.165) is 42.9 Å². The van der Waals surface area contributed by atoms with Crippen molar-refractivity contribution in [3.8, 4) is 0 Å². The van der Waals surface area contributed by atoms with E-state index in [1.165, 1.54) is 50.5 Å². The van der Waals surface area contributed by atoms with Crippen molar-refractivity contribution in [2.45, 2.75) is 130 Å². The van der Waals surface area contributed by atoms with Crippen molar-refractivity contribution in [1.29, 1.82) is 0 Å². The normalized spacial score (nSPS) is 49.2. The van der Waals surface area contributed by atoms with Crippen molar-refractivity contribution < 1.29 is 14.9 Å². The molecular formula is C29H48O3. The average Bonchev–Trinajstić information content (AvgIpc) is 3.36. The van der Waals surface area contributed by atoms with Gasteiger partial charge in [-0.2, -0.15) is 0 Å². The molecule has 1 heterocycles. The van der Waals surface area contributed by atoms with E-state index in [-0.39, 0.29) is 28.6 Å². The summed E-state index contributed by atoms with van der Waals surface area (Å²) >= 11 is 0. The van der Waals surface area contributed by atoms with Crippen molar-refractivity contribution in [3.63, 3.8) is 0 Å². The van der Waals surface area contributed by atoms with Gasteiger partial charge in [-0.3, -0.25) is 0 Å². The van der Waals surface area contributed by atoms with Gasteiger partial charge in [-0.15, -0.1) is 0 Å². The van der Waals surface area contributed by atoms with Crippen LogP contribution in [0.5, 0.6) is 0 Å². The van der Waals surface area contributed by atoms with Crippen LogP contribution in [0.2, 0.25) is 0 Å². The Labute approximate surface area is 196 Å². The van der Waals surface area contributed by atoms with Crippen LogP contribution in [0.4, 0.5) is 0 Å². The number of aliphatic hydroxyl groups is 2. The van der Waals surface area contributed by atoms with Gasteiger partial charge in [0, 0.05) is 11.8 Å². The summed E-state index contributed by atoms with van der Waals surface area (Å²) in [5, 5.41) is 21.9. The Kier molecular flexibility index (Phi) is 5.71. The molecule has 10 atom stereocenters. The minimum absolute atomic E-state index is 0.0785. The van der Waals surface area contributed by atoms with Gasteiger partial charge in [0.2, 0.25) is 0 Å². The topological polar surface area (TPSA) is 53.0 Å². The first-order valence-corrected chi connectivity index (χ1v) is 13.9. The molecule has 0 amide bonds. The fraction of sp³-hybridized carbons (Fsp3) is 0.931. The third-order valence-corrected chi connectivity index (χ3v) is 11.7. The van der Waals surface area contributed by atoms with Crippen LogP contribution < -0.4 is 0 Å². The molecule has 1 aliphatic heterocycles. The Morgan fingerprint density at radius 1 is 1.03 bits per heavy atom. The fourth-order valence-corrected chi connectivity index (χ4v) is 9.53. The molecule has 0 unspecified atom stereocenters. The second kappa shape index (κ2) is 7.82. The van der Waals surface area contributed by atoms with E-state index >= 15 is 0 Å². The molecule has 5 rings (SSSR count). The van der Waals surface area contributed by atoms with Crippen LogP contribution in [-0.2, 0) is 4.74 Å². The number of rotatable bonds is 6. The lowest BCUT2D eigenvalue weighted by Crippen LogP contribution is -2.57. The summed E-state index contributed by atoms with van der Waals surface area (Å²) in [7, 11) is 0. The molecule has 5 aliphatic rings. The molecule has 182 valence electrons. The van der Waals surface area contributed by atoms with E-state index in [1.54, 1.807) is 5.57 Å². The van der Waals surface area contributed by atoms with Gasteiger partial charge in [-0.1, -0.05) is 60.0 Å². The molecule has 3 saturated carbocycles. The molecule has 0 aromatic carbocycles. The van der Waals surface area contributed by atoms with Crippen LogP contribution in [0.15, 0.2) is 11.1 Å². The summed E-state index contributed by atoms with van der Waals surface area (Å²) in [5.74, 6) is 3.56. The summed E-state index contributed by atoms with van der Waals surface area (Å²) in [6.07, 6.45) is 10.7. The molecular weight excluding hydrogens is 396 g/mol. The predicted molar refractivity (Wildman–Crippen MR) is 129 cm³/mol. The van der Waals surface area contributed by atoms with Crippen LogP contribution in [0.25, 0.3) is 0 Å². The van der Waals surface area contributed by atoms with Crippen LogP contribution in [0.1, 0.15) is 106 Å². The highest BCUT2D eigenvalue weighted by atomic mass is 16.6. The largest absolute Gasteiger partial charge is 0.393 e. The summed E-state index contributed by atoms with van der Waals surface area (Å²) in [4.78, 5) is 0. The second-order valence-electron chi connectivity index (χ2n) is 13.2. The lowest BCUT2D eigenvalue weighted by atomic mass is 9.48. The lowest BCUT2D eigenvalue weighted by molar-refractivity contribution is -0.0516. The molecule has 2 N–H and O–H groups in total. The highest BCUT2D eigenvalue weighted by Crippen LogP contribution is 2.72. The van der Waals surface area contributed by atoms with E-state index in [0.29, 0.717) is 5.92 Å². The molecule has 4 aliphatic carbocycles. The zero-order chi connectivity index (χ0) is 23.1. The molecule has 1 saturated heterocycles. The maximum atomic E-state index is 11.5. The van der Waals surface area contributed by atoms with Crippen molar-refractivity contribution in [3.05, 3.63) is 11.1 Å². The van der Waals surface area contributed by atoms with Crippen molar-refractivity contribution >= 4 is 0 Å². The molecule has 0 aromatic heterocycles. The van der Waals surface area contributed by atoms with Crippen LogP contribution in [0, 0.1) is 40.4 Å². The number of hydrogen-bond acceptors (Lipinski definition) is 3. The Bertz CT molecular complexity index is 772. The number of allylic oxidation sites excluding steroid dienone is 1. The van der Waals surface area contributed by atoms with Gasteiger partial charge in [-0.25, -0.2) is 0 Å². The number of ether oxygens (including phenoxy) is 1. The van der Waals surface area contributed by atoms with Gasteiger partial charge in [0.25, 0.3) is 0 Å². The first-order chi connectivity index (χ1) is 15.1. The van der Waals surface area contributed by atoms with Crippen LogP contribution in [0.3, 0.4) is 0 Å². The molecule has 1 spiro atoms. The third-order valence-electron chi connectivity index (χ3n) is 11.7. The summed E-state index contributed by atoms with van der Waals surface area (Å²) in [5.41, 5.74) is 3.06. The van der Waals surface area contributed by atoms with Crippen molar-refractivity contribution in [1.82, 2.24) is 0 Å². The summed E-state index contributed by atoms with van der Waals surface area (Å²) in [6, 6.07) is 0. The molecule has 3 nitrogen and oxygen atoms in total. The van der Waals surface area contributed by atoms with Crippen LogP contribution in [-0.4, -0.2) is 34.1 Å². The fourth-order valence-electron chi connectivity index (χ4n) is 9.53. The monoisotopic (exact) mass is 444 g/mol. The average molecular weight is 445 g/mol. The van der Waals surface area contributed by atoms with E-state index in [9.17, 15) is 10.2 Å². The minimum atomic E-state index is -0.451. The van der Waals surface area contributed by atoms with E-state index in [1.807, 2.05) is 0 Å². The molecule has 32 heavy (non-hydrogen) atoms. The zero-order valence-electron chi connectivity index (χ0n) is 21.5.